The molecule has 0 aliphatic heterocycles. The van der Waals surface area contributed by atoms with E-state index >= 15 is 0 Å². The van der Waals surface area contributed by atoms with E-state index in [-0.39, 0.29) is 24.7 Å². The van der Waals surface area contributed by atoms with Crippen molar-refractivity contribution in [3.63, 3.8) is 0 Å². The van der Waals surface area contributed by atoms with E-state index in [9.17, 15) is 9.59 Å². The molecule has 2 fully saturated rings. The largest absolute Gasteiger partial charge is 0.494 e. The Balaban J connectivity index is 1.47. The molecule has 7 nitrogen and oxygen atoms in total. The summed E-state index contributed by atoms with van der Waals surface area (Å²) in [5, 5.41) is 15.2. The Morgan fingerprint density at radius 1 is 1.33 bits per heavy atom. The first-order valence-corrected chi connectivity index (χ1v) is 9.78. The van der Waals surface area contributed by atoms with Gasteiger partial charge in [-0.25, -0.2) is 4.79 Å². The summed E-state index contributed by atoms with van der Waals surface area (Å²) < 4.78 is 5.42. The molecule has 0 radical (unpaired) electrons. The standard InChI is InChI=1S/C19H26ClN3O4/c1-2-27-15-5-6-16(20)17(9-15)22-19(26)21-13-7-14(8-13)23(11-18(24)25)10-12-3-4-12/h5-6,9,12-14H,2-4,7-8,10-11H2,1H3,(H,24,25)(H2,21,22,26). The van der Waals surface area contributed by atoms with Gasteiger partial charge in [-0.2, -0.15) is 0 Å². The van der Waals surface area contributed by atoms with Crippen molar-refractivity contribution in [1.82, 2.24) is 10.2 Å². The van der Waals surface area contributed by atoms with Gasteiger partial charge in [0, 0.05) is 24.7 Å². The van der Waals surface area contributed by atoms with E-state index in [1.54, 1.807) is 18.2 Å². The number of rotatable bonds is 9. The van der Waals surface area contributed by atoms with Crippen molar-refractivity contribution in [2.45, 2.75) is 44.7 Å². The van der Waals surface area contributed by atoms with Crippen molar-refractivity contribution >= 4 is 29.3 Å². The van der Waals surface area contributed by atoms with Gasteiger partial charge < -0.3 is 20.5 Å². The molecule has 2 aliphatic rings. The molecule has 0 bridgehead atoms. The topological polar surface area (TPSA) is 90.9 Å². The Morgan fingerprint density at radius 2 is 2.07 bits per heavy atom. The van der Waals surface area contributed by atoms with E-state index in [1.165, 1.54) is 12.8 Å². The number of amides is 2. The van der Waals surface area contributed by atoms with E-state index in [0.29, 0.717) is 29.0 Å². The number of anilines is 1. The van der Waals surface area contributed by atoms with Gasteiger partial charge in [-0.05, 0) is 50.7 Å². The second kappa shape index (κ2) is 8.80. The van der Waals surface area contributed by atoms with Crippen LogP contribution < -0.4 is 15.4 Å². The summed E-state index contributed by atoms with van der Waals surface area (Å²) in [4.78, 5) is 25.4. The normalized spacial score (nSPS) is 21.4. The lowest BCUT2D eigenvalue weighted by molar-refractivity contribution is -0.139. The van der Waals surface area contributed by atoms with Crippen molar-refractivity contribution in [2.24, 2.45) is 5.92 Å². The molecule has 1 aromatic rings. The maximum absolute atomic E-state index is 12.2. The monoisotopic (exact) mass is 395 g/mol. The number of urea groups is 1. The second-order valence-electron chi connectivity index (χ2n) is 7.26. The van der Waals surface area contributed by atoms with Crippen LogP contribution in [0, 0.1) is 5.92 Å². The van der Waals surface area contributed by atoms with Gasteiger partial charge in [-0.1, -0.05) is 11.6 Å². The van der Waals surface area contributed by atoms with Crippen LogP contribution in [0.3, 0.4) is 0 Å². The van der Waals surface area contributed by atoms with Gasteiger partial charge in [-0.15, -0.1) is 0 Å². The molecule has 148 valence electrons. The fourth-order valence-corrected chi connectivity index (χ4v) is 3.52. The van der Waals surface area contributed by atoms with Crippen LogP contribution in [0.5, 0.6) is 5.75 Å². The number of carbonyl (C=O) groups excluding carboxylic acids is 1. The number of hydrogen-bond donors (Lipinski definition) is 3. The molecule has 0 unspecified atom stereocenters. The number of carbonyl (C=O) groups is 2. The number of carboxylic acids is 1. The SMILES string of the molecule is CCOc1ccc(Cl)c(NC(=O)NC2CC(N(CC(=O)O)CC3CC3)C2)c1. The number of carboxylic acid groups (broad SMARTS) is 1. The Hall–Kier alpha value is -1.99. The minimum absolute atomic E-state index is 0.0411. The lowest BCUT2D eigenvalue weighted by Crippen LogP contribution is -2.55. The molecule has 0 spiro atoms. The Labute approximate surface area is 164 Å². The maximum Gasteiger partial charge on any atom is 0.319 e. The third-order valence-corrected chi connectivity index (χ3v) is 5.32. The number of nitrogens with zero attached hydrogens (tertiary/aromatic N) is 1. The van der Waals surface area contributed by atoms with Gasteiger partial charge in [0.2, 0.25) is 0 Å². The third-order valence-electron chi connectivity index (χ3n) is 4.99. The smallest absolute Gasteiger partial charge is 0.319 e. The molecule has 0 heterocycles. The van der Waals surface area contributed by atoms with Gasteiger partial charge in [0.15, 0.2) is 0 Å². The molecule has 1 aromatic carbocycles. The summed E-state index contributed by atoms with van der Waals surface area (Å²) in [7, 11) is 0. The highest BCUT2D eigenvalue weighted by molar-refractivity contribution is 6.33. The number of halogens is 1. The minimum Gasteiger partial charge on any atom is -0.494 e. The fraction of sp³-hybridized carbons (Fsp3) is 0.579. The maximum atomic E-state index is 12.2. The van der Waals surface area contributed by atoms with Crippen molar-refractivity contribution in [1.29, 1.82) is 0 Å². The van der Waals surface area contributed by atoms with Crippen LogP contribution in [0.1, 0.15) is 32.6 Å². The summed E-state index contributed by atoms with van der Waals surface area (Å²) in [6, 6.07) is 5.07. The van der Waals surface area contributed by atoms with Crippen LogP contribution in [0.25, 0.3) is 0 Å². The molecular formula is C19H26ClN3O4. The fourth-order valence-electron chi connectivity index (χ4n) is 3.35. The van der Waals surface area contributed by atoms with E-state index in [0.717, 1.165) is 19.4 Å². The first kappa shape index (κ1) is 19.8. The van der Waals surface area contributed by atoms with Crippen molar-refractivity contribution in [3.8, 4) is 5.75 Å². The summed E-state index contributed by atoms with van der Waals surface area (Å²) in [6.07, 6.45) is 3.91. The second-order valence-corrected chi connectivity index (χ2v) is 7.67. The minimum atomic E-state index is -0.798. The third kappa shape index (κ3) is 5.74. The molecule has 2 aliphatic carbocycles. The number of ether oxygens (including phenoxy) is 1. The highest BCUT2D eigenvalue weighted by Crippen LogP contribution is 2.34. The lowest BCUT2D eigenvalue weighted by Gasteiger charge is -2.42. The molecule has 3 rings (SSSR count). The highest BCUT2D eigenvalue weighted by atomic mass is 35.5. The first-order chi connectivity index (χ1) is 12.9. The number of benzene rings is 1. The Bertz CT molecular complexity index is 690. The average molecular weight is 396 g/mol. The molecule has 27 heavy (non-hydrogen) atoms. The zero-order valence-corrected chi connectivity index (χ0v) is 16.2. The number of hydrogen-bond acceptors (Lipinski definition) is 4. The predicted molar refractivity (Wildman–Crippen MR) is 104 cm³/mol. The molecule has 8 heteroatoms. The molecular weight excluding hydrogens is 370 g/mol. The highest BCUT2D eigenvalue weighted by Gasteiger charge is 2.37. The van der Waals surface area contributed by atoms with Crippen molar-refractivity contribution in [2.75, 3.05) is 25.0 Å². The predicted octanol–water partition coefficient (Wildman–Crippen LogP) is 3.19. The van der Waals surface area contributed by atoms with Crippen LogP contribution in [0.15, 0.2) is 18.2 Å². The molecule has 2 saturated carbocycles. The summed E-state index contributed by atoms with van der Waals surface area (Å²) in [6.45, 7) is 3.33. The number of nitrogens with one attached hydrogen (secondary N) is 2. The summed E-state index contributed by atoms with van der Waals surface area (Å²) >= 11 is 6.13. The average Bonchev–Trinajstić information content (AvgIpc) is 3.37. The Kier molecular flexibility index (Phi) is 6.44. The van der Waals surface area contributed by atoms with E-state index in [2.05, 4.69) is 10.6 Å². The van der Waals surface area contributed by atoms with Crippen LogP contribution in [-0.2, 0) is 4.79 Å². The lowest BCUT2D eigenvalue weighted by atomic mass is 9.85. The van der Waals surface area contributed by atoms with Crippen molar-refractivity contribution in [3.05, 3.63) is 23.2 Å². The van der Waals surface area contributed by atoms with Gasteiger partial charge in [0.05, 0.1) is 23.9 Å². The quantitative estimate of drug-likeness (QED) is 0.597. The first-order valence-electron chi connectivity index (χ1n) is 9.40. The van der Waals surface area contributed by atoms with Gasteiger partial charge in [0.1, 0.15) is 5.75 Å². The van der Waals surface area contributed by atoms with E-state index < -0.39 is 5.97 Å². The van der Waals surface area contributed by atoms with E-state index in [1.807, 2.05) is 11.8 Å². The Morgan fingerprint density at radius 3 is 2.70 bits per heavy atom. The molecule has 0 aromatic heterocycles. The van der Waals surface area contributed by atoms with Crippen LogP contribution >= 0.6 is 11.6 Å². The van der Waals surface area contributed by atoms with Crippen molar-refractivity contribution < 1.29 is 19.4 Å². The molecule has 0 saturated heterocycles. The van der Waals surface area contributed by atoms with Gasteiger partial charge in [0.25, 0.3) is 0 Å². The molecule has 2 amide bonds. The van der Waals surface area contributed by atoms with Gasteiger partial charge in [-0.3, -0.25) is 9.69 Å². The van der Waals surface area contributed by atoms with Crippen LogP contribution in [0.2, 0.25) is 5.02 Å². The number of aliphatic carboxylic acids is 1. The summed E-state index contributed by atoms with van der Waals surface area (Å²) in [5.74, 6) is 0.485. The molecule has 0 atom stereocenters. The van der Waals surface area contributed by atoms with E-state index in [4.69, 9.17) is 21.4 Å². The van der Waals surface area contributed by atoms with Gasteiger partial charge >= 0.3 is 12.0 Å². The zero-order chi connectivity index (χ0) is 19.4. The molecule has 3 N–H and O–H groups in total. The van der Waals surface area contributed by atoms with Crippen LogP contribution in [0.4, 0.5) is 10.5 Å². The summed E-state index contributed by atoms with van der Waals surface area (Å²) in [5.41, 5.74) is 0.497. The van der Waals surface area contributed by atoms with Crippen LogP contribution in [-0.4, -0.2) is 53.8 Å². The zero-order valence-electron chi connectivity index (χ0n) is 15.4.